The Kier molecular flexibility index (Phi) is 5.01. The van der Waals surface area contributed by atoms with Gasteiger partial charge in [0.2, 0.25) is 0 Å². The van der Waals surface area contributed by atoms with E-state index in [1.165, 1.54) is 37.7 Å². The highest BCUT2D eigenvalue weighted by atomic mass is 79.9. The highest BCUT2D eigenvalue weighted by Gasteiger charge is 2.17. The van der Waals surface area contributed by atoms with Gasteiger partial charge in [0.25, 0.3) is 0 Å². The minimum atomic E-state index is 0.699. The van der Waals surface area contributed by atoms with E-state index >= 15 is 0 Å². The summed E-state index contributed by atoms with van der Waals surface area (Å²) in [7, 11) is 0. The van der Waals surface area contributed by atoms with Gasteiger partial charge in [0.05, 0.1) is 11.6 Å². The van der Waals surface area contributed by atoms with E-state index in [-0.39, 0.29) is 0 Å². The molecule has 0 bridgehead atoms. The minimum absolute atomic E-state index is 0.699. The van der Waals surface area contributed by atoms with Crippen LogP contribution >= 0.6 is 15.9 Å². The Morgan fingerprint density at radius 1 is 1.28 bits per heavy atom. The third-order valence-corrected chi connectivity index (χ3v) is 4.35. The summed E-state index contributed by atoms with van der Waals surface area (Å²) in [6, 6.07) is 10.1. The lowest BCUT2D eigenvalue weighted by atomic mass is 9.83. The Morgan fingerprint density at radius 2 is 2.00 bits per heavy atom. The highest BCUT2D eigenvalue weighted by molar-refractivity contribution is 9.09. The molecule has 0 heterocycles. The first-order chi connectivity index (χ1) is 8.85. The molecule has 1 fully saturated rings. The molecular formula is C16H18BrN. The SMILES string of the molecule is N#Cc1ccccc1/C=C(/CBr)C1CCCCC1. The second-order valence-corrected chi connectivity index (χ2v) is 5.45. The molecule has 1 aliphatic rings. The van der Waals surface area contributed by atoms with Crippen LogP contribution in [0.15, 0.2) is 29.8 Å². The van der Waals surface area contributed by atoms with Gasteiger partial charge in [-0.1, -0.05) is 65.0 Å². The molecule has 0 radical (unpaired) electrons. The molecule has 2 rings (SSSR count). The van der Waals surface area contributed by atoms with Crippen molar-refractivity contribution in [2.45, 2.75) is 32.1 Å². The van der Waals surface area contributed by atoms with Gasteiger partial charge in [0.15, 0.2) is 0 Å². The molecule has 1 nitrogen and oxygen atoms in total. The Morgan fingerprint density at radius 3 is 2.67 bits per heavy atom. The molecule has 0 N–H and O–H groups in total. The number of nitrogens with zero attached hydrogens (tertiary/aromatic N) is 1. The minimum Gasteiger partial charge on any atom is -0.192 e. The fraction of sp³-hybridized carbons (Fsp3) is 0.438. The van der Waals surface area contributed by atoms with E-state index < -0.39 is 0 Å². The summed E-state index contributed by atoms with van der Waals surface area (Å²) in [5, 5.41) is 10.0. The molecular weight excluding hydrogens is 286 g/mol. The second-order valence-electron chi connectivity index (χ2n) is 4.89. The number of rotatable bonds is 3. The third kappa shape index (κ3) is 3.23. The number of hydrogen-bond donors (Lipinski definition) is 0. The van der Waals surface area contributed by atoms with Crippen molar-refractivity contribution in [1.29, 1.82) is 5.26 Å². The van der Waals surface area contributed by atoms with Crippen molar-refractivity contribution in [3.63, 3.8) is 0 Å². The average molecular weight is 304 g/mol. The number of benzene rings is 1. The standard InChI is InChI=1S/C16H18BrN/c17-11-16(13-6-2-1-3-7-13)10-14-8-4-5-9-15(14)12-18/h4-5,8-10,13H,1-3,6-7,11H2/b16-10-. The molecule has 0 unspecified atom stereocenters. The topological polar surface area (TPSA) is 23.8 Å². The van der Waals surface area contributed by atoms with Gasteiger partial charge in [-0.05, 0) is 30.4 Å². The maximum absolute atomic E-state index is 9.12. The molecule has 0 atom stereocenters. The zero-order valence-electron chi connectivity index (χ0n) is 10.5. The van der Waals surface area contributed by atoms with Crippen LogP contribution in [0, 0.1) is 17.2 Å². The molecule has 1 aromatic rings. The van der Waals surface area contributed by atoms with Gasteiger partial charge in [0, 0.05) is 5.33 Å². The lowest BCUT2D eigenvalue weighted by molar-refractivity contribution is 0.405. The fourth-order valence-corrected chi connectivity index (χ4v) is 3.28. The second kappa shape index (κ2) is 6.75. The van der Waals surface area contributed by atoms with Gasteiger partial charge in [-0.3, -0.25) is 0 Å². The van der Waals surface area contributed by atoms with E-state index in [9.17, 15) is 0 Å². The van der Waals surface area contributed by atoms with Crippen LogP contribution in [0.1, 0.15) is 43.2 Å². The quantitative estimate of drug-likeness (QED) is 0.727. The highest BCUT2D eigenvalue weighted by Crippen LogP contribution is 2.32. The Bertz CT molecular complexity index is 464. The largest absolute Gasteiger partial charge is 0.192 e. The average Bonchev–Trinajstić information content (AvgIpc) is 2.46. The van der Waals surface area contributed by atoms with Crippen molar-refractivity contribution < 1.29 is 0 Å². The molecule has 18 heavy (non-hydrogen) atoms. The first-order valence-electron chi connectivity index (χ1n) is 6.60. The Labute approximate surface area is 118 Å². The van der Waals surface area contributed by atoms with Crippen LogP contribution in [-0.2, 0) is 0 Å². The summed E-state index contributed by atoms with van der Waals surface area (Å²) in [4.78, 5) is 0. The van der Waals surface area contributed by atoms with Crippen LogP contribution < -0.4 is 0 Å². The van der Waals surface area contributed by atoms with Gasteiger partial charge < -0.3 is 0 Å². The van der Waals surface area contributed by atoms with E-state index in [4.69, 9.17) is 5.26 Å². The molecule has 0 saturated heterocycles. The van der Waals surface area contributed by atoms with Crippen LogP contribution in [0.3, 0.4) is 0 Å². The van der Waals surface area contributed by atoms with Crippen LogP contribution in [0.5, 0.6) is 0 Å². The molecule has 2 heteroatoms. The number of allylic oxidation sites excluding steroid dienone is 1. The molecule has 0 aromatic heterocycles. The summed E-state index contributed by atoms with van der Waals surface area (Å²) in [5.74, 6) is 0.699. The summed E-state index contributed by atoms with van der Waals surface area (Å²) in [6.07, 6.45) is 8.87. The van der Waals surface area contributed by atoms with Crippen molar-refractivity contribution in [2.24, 2.45) is 5.92 Å². The van der Waals surface area contributed by atoms with Crippen LogP contribution in [-0.4, -0.2) is 5.33 Å². The zero-order chi connectivity index (χ0) is 12.8. The maximum Gasteiger partial charge on any atom is 0.0997 e. The number of alkyl halides is 1. The number of nitriles is 1. The predicted molar refractivity (Wildman–Crippen MR) is 79.5 cm³/mol. The van der Waals surface area contributed by atoms with Crippen molar-refractivity contribution in [3.05, 3.63) is 41.0 Å². The van der Waals surface area contributed by atoms with E-state index in [2.05, 4.69) is 28.1 Å². The van der Waals surface area contributed by atoms with Gasteiger partial charge in [-0.2, -0.15) is 5.26 Å². The van der Waals surface area contributed by atoms with Crippen molar-refractivity contribution in [1.82, 2.24) is 0 Å². The number of hydrogen-bond acceptors (Lipinski definition) is 1. The third-order valence-electron chi connectivity index (χ3n) is 3.71. The van der Waals surface area contributed by atoms with Crippen LogP contribution in [0.25, 0.3) is 6.08 Å². The molecule has 0 spiro atoms. The van der Waals surface area contributed by atoms with E-state index in [0.29, 0.717) is 5.92 Å². The molecule has 0 aliphatic heterocycles. The van der Waals surface area contributed by atoms with E-state index in [0.717, 1.165) is 16.5 Å². The van der Waals surface area contributed by atoms with Crippen molar-refractivity contribution in [2.75, 3.05) is 5.33 Å². The summed E-state index contributed by atoms with van der Waals surface area (Å²) < 4.78 is 0. The van der Waals surface area contributed by atoms with Crippen molar-refractivity contribution >= 4 is 22.0 Å². The number of halogens is 1. The molecule has 1 aliphatic carbocycles. The summed E-state index contributed by atoms with van der Waals surface area (Å²) in [5.41, 5.74) is 3.27. The lowest BCUT2D eigenvalue weighted by Gasteiger charge is -2.23. The van der Waals surface area contributed by atoms with Gasteiger partial charge in [-0.15, -0.1) is 0 Å². The van der Waals surface area contributed by atoms with Gasteiger partial charge in [0.1, 0.15) is 0 Å². The first-order valence-corrected chi connectivity index (χ1v) is 7.73. The van der Waals surface area contributed by atoms with Crippen LogP contribution in [0.2, 0.25) is 0 Å². The monoisotopic (exact) mass is 303 g/mol. The molecule has 1 saturated carbocycles. The molecule has 94 valence electrons. The van der Waals surface area contributed by atoms with Gasteiger partial charge in [-0.25, -0.2) is 0 Å². The molecule has 1 aromatic carbocycles. The summed E-state index contributed by atoms with van der Waals surface area (Å²) in [6.45, 7) is 0. The van der Waals surface area contributed by atoms with E-state index in [1.54, 1.807) is 0 Å². The van der Waals surface area contributed by atoms with Gasteiger partial charge >= 0.3 is 0 Å². The first kappa shape index (κ1) is 13.4. The van der Waals surface area contributed by atoms with E-state index in [1.807, 2.05) is 24.3 Å². The lowest BCUT2D eigenvalue weighted by Crippen LogP contribution is -2.10. The van der Waals surface area contributed by atoms with Crippen molar-refractivity contribution in [3.8, 4) is 6.07 Å². The smallest absolute Gasteiger partial charge is 0.0997 e. The normalized spacial score (nSPS) is 17.4. The Balaban J connectivity index is 2.25. The maximum atomic E-state index is 9.12. The predicted octanol–water partition coefficient (Wildman–Crippen LogP) is 4.92. The van der Waals surface area contributed by atoms with Crippen LogP contribution in [0.4, 0.5) is 0 Å². The molecule has 0 amide bonds. The zero-order valence-corrected chi connectivity index (χ0v) is 12.1. The summed E-state index contributed by atoms with van der Waals surface area (Å²) >= 11 is 3.60. The Hall–Kier alpha value is -1.07. The fourth-order valence-electron chi connectivity index (χ4n) is 2.66.